The summed E-state index contributed by atoms with van der Waals surface area (Å²) in [6.07, 6.45) is 0. The van der Waals surface area contributed by atoms with Gasteiger partial charge in [0, 0.05) is 12.2 Å². The van der Waals surface area contributed by atoms with Gasteiger partial charge in [0.15, 0.2) is 5.76 Å². The van der Waals surface area contributed by atoms with Crippen LogP contribution in [0, 0.1) is 6.92 Å². The Morgan fingerprint density at radius 3 is 2.65 bits per heavy atom. The number of para-hydroxylation sites is 1. The van der Waals surface area contributed by atoms with Crippen LogP contribution < -0.4 is 4.90 Å². The number of hydrogen-bond donors (Lipinski definition) is 1. The molecule has 0 saturated heterocycles. The number of nitrogens with zero attached hydrogens (tertiary/aromatic N) is 1. The van der Waals surface area contributed by atoms with Gasteiger partial charge >= 0.3 is 5.97 Å². The summed E-state index contributed by atoms with van der Waals surface area (Å²) in [5.41, 5.74) is 1.30. The first-order valence-electron chi connectivity index (χ1n) is 6.28. The van der Waals surface area contributed by atoms with Gasteiger partial charge in [-0.3, -0.25) is 9.59 Å². The van der Waals surface area contributed by atoms with Crippen molar-refractivity contribution in [1.82, 2.24) is 0 Å². The van der Waals surface area contributed by atoms with Crippen LogP contribution in [0.25, 0.3) is 0 Å². The van der Waals surface area contributed by atoms with Crippen molar-refractivity contribution in [2.75, 3.05) is 11.4 Å². The molecule has 1 aliphatic heterocycles. The SMILES string of the molecule is Cc1ccc(C(=O)N2C[C@@H](C(=O)O)c3ccccc32)o1. The van der Waals surface area contributed by atoms with Gasteiger partial charge in [0.2, 0.25) is 0 Å². The van der Waals surface area contributed by atoms with Gasteiger partial charge in [-0.15, -0.1) is 0 Å². The molecule has 1 N–H and O–H groups in total. The maximum atomic E-state index is 12.4. The topological polar surface area (TPSA) is 70.8 Å². The van der Waals surface area contributed by atoms with E-state index in [1.165, 1.54) is 4.90 Å². The minimum atomic E-state index is -0.927. The molecule has 0 bridgehead atoms. The second kappa shape index (κ2) is 4.52. The minimum Gasteiger partial charge on any atom is -0.481 e. The van der Waals surface area contributed by atoms with Crippen molar-refractivity contribution >= 4 is 17.6 Å². The van der Waals surface area contributed by atoms with Crippen LogP contribution in [0.5, 0.6) is 0 Å². The average molecular weight is 271 g/mol. The Bertz CT molecular complexity index is 689. The fourth-order valence-corrected chi connectivity index (χ4v) is 2.49. The lowest BCUT2D eigenvalue weighted by Crippen LogP contribution is -2.30. The highest BCUT2D eigenvalue weighted by atomic mass is 16.4. The van der Waals surface area contributed by atoms with Crippen LogP contribution >= 0.6 is 0 Å². The normalized spacial score (nSPS) is 17.1. The van der Waals surface area contributed by atoms with E-state index in [0.717, 1.165) is 0 Å². The van der Waals surface area contributed by atoms with E-state index < -0.39 is 11.9 Å². The fourth-order valence-electron chi connectivity index (χ4n) is 2.49. The van der Waals surface area contributed by atoms with Crippen molar-refractivity contribution in [3.63, 3.8) is 0 Å². The molecule has 0 fully saturated rings. The summed E-state index contributed by atoms with van der Waals surface area (Å²) in [7, 11) is 0. The van der Waals surface area contributed by atoms with E-state index >= 15 is 0 Å². The van der Waals surface area contributed by atoms with E-state index in [2.05, 4.69) is 0 Å². The van der Waals surface area contributed by atoms with Gasteiger partial charge in [-0.25, -0.2) is 0 Å². The van der Waals surface area contributed by atoms with Crippen LogP contribution in [0.4, 0.5) is 5.69 Å². The van der Waals surface area contributed by atoms with E-state index in [1.54, 1.807) is 43.3 Å². The van der Waals surface area contributed by atoms with Gasteiger partial charge in [-0.1, -0.05) is 18.2 Å². The number of aliphatic carboxylic acids is 1. The quantitative estimate of drug-likeness (QED) is 0.910. The number of rotatable bonds is 2. The summed E-state index contributed by atoms with van der Waals surface area (Å²) in [6.45, 7) is 1.89. The third-order valence-electron chi connectivity index (χ3n) is 3.46. The number of anilines is 1. The number of carbonyl (C=O) groups is 2. The van der Waals surface area contributed by atoms with Crippen molar-refractivity contribution in [3.05, 3.63) is 53.5 Å². The molecule has 0 aliphatic carbocycles. The van der Waals surface area contributed by atoms with Crippen LogP contribution in [-0.4, -0.2) is 23.5 Å². The molecule has 3 rings (SSSR count). The summed E-state index contributed by atoms with van der Waals surface area (Å²) in [4.78, 5) is 25.2. The van der Waals surface area contributed by atoms with Crippen LogP contribution in [-0.2, 0) is 4.79 Å². The smallest absolute Gasteiger partial charge is 0.312 e. The Morgan fingerprint density at radius 1 is 1.25 bits per heavy atom. The minimum absolute atomic E-state index is 0.132. The van der Waals surface area contributed by atoms with Crippen LogP contribution in [0.15, 0.2) is 40.8 Å². The molecule has 0 spiro atoms. The number of hydrogen-bond acceptors (Lipinski definition) is 3. The van der Waals surface area contributed by atoms with E-state index in [9.17, 15) is 14.7 Å². The fraction of sp³-hybridized carbons (Fsp3) is 0.200. The number of carboxylic acid groups (broad SMARTS) is 1. The highest BCUT2D eigenvalue weighted by molar-refractivity contribution is 6.07. The van der Waals surface area contributed by atoms with Gasteiger partial charge < -0.3 is 14.4 Å². The van der Waals surface area contributed by atoms with Gasteiger partial charge in [0.1, 0.15) is 11.7 Å². The number of carbonyl (C=O) groups excluding carboxylic acids is 1. The van der Waals surface area contributed by atoms with E-state index in [1.807, 2.05) is 0 Å². The van der Waals surface area contributed by atoms with Crippen molar-refractivity contribution in [2.45, 2.75) is 12.8 Å². The first-order chi connectivity index (χ1) is 9.58. The van der Waals surface area contributed by atoms with Crippen molar-refractivity contribution in [2.24, 2.45) is 0 Å². The molecule has 5 heteroatoms. The number of benzene rings is 1. The zero-order valence-corrected chi connectivity index (χ0v) is 10.9. The molecule has 0 radical (unpaired) electrons. The zero-order valence-electron chi connectivity index (χ0n) is 10.9. The molecule has 1 aromatic carbocycles. The van der Waals surface area contributed by atoms with Crippen molar-refractivity contribution in [3.8, 4) is 0 Å². The van der Waals surface area contributed by atoms with Gasteiger partial charge in [0.25, 0.3) is 5.91 Å². The molecule has 20 heavy (non-hydrogen) atoms. The van der Waals surface area contributed by atoms with Gasteiger partial charge in [-0.05, 0) is 30.7 Å². The predicted molar refractivity (Wildman–Crippen MR) is 71.9 cm³/mol. The molecule has 1 amide bonds. The monoisotopic (exact) mass is 271 g/mol. The van der Waals surface area contributed by atoms with E-state index in [0.29, 0.717) is 17.0 Å². The average Bonchev–Trinajstić information content (AvgIpc) is 3.02. The highest BCUT2D eigenvalue weighted by Gasteiger charge is 2.37. The summed E-state index contributed by atoms with van der Waals surface area (Å²) in [6, 6.07) is 10.4. The predicted octanol–water partition coefficient (Wildman–Crippen LogP) is 2.42. The lowest BCUT2D eigenvalue weighted by atomic mass is 10.0. The number of carboxylic acids is 1. The van der Waals surface area contributed by atoms with Gasteiger partial charge in [0.05, 0.1) is 0 Å². The second-order valence-corrected chi connectivity index (χ2v) is 4.78. The summed E-state index contributed by atoms with van der Waals surface area (Å²) in [5, 5.41) is 9.27. The molecular weight excluding hydrogens is 258 g/mol. The van der Waals surface area contributed by atoms with E-state index in [4.69, 9.17) is 4.42 Å². The molecule has 102 valence electrons. The summed E-state index contributed by atoms with van der Waals surface area (Å²) >= 11 is 0. The third-order valence-corrected chi connectivity index (χ3v) is 3.46. The maximum Gasteiger partial charge on any atom is 0.312 e. The summed E-state index contributed by atoms with van der Waals surface area (Å²) in [5.74, 6) is -1.05. The lowest BCUT2D eigenvalue weighted by molar-refractivity contribution is -0.138. The molecule has 1 aromatic heterocycles. The third kappa shape index (κ3) is 1.87. The zero-order chi connectivity index (χ0) is 14.3. The Hall–Kier alpha value is -2.56. The lowest BCUT2D eigenvalue weighted by Gasteiger charge is -2.15. The second-order valence-electron chi connectivity index (χ2n) is 4.78. The Balaban J connectivity index is 2.00. The van der Waals surface area contributed by atoms with Crippen molar-refractivity contribution < 1.29 is 19.1 Å². The number of amides is 1. The van der Waals surface area contributed by atoms with Crippen LogP contribution in [0.3, 0.4) is 0 Å². The molecule has 0 saturated carbocycles. The number of furan rings is 1. The molecule has 2 heterocycles. The molecule has 1 atom stereocenters. The van der Waals surface area contributed by atoms with Gasteiger partial charge in [-0.2, -0.15) is 0 Å². The van der Waals surface area contributed by atoms with Crippen LogP contribution in [0.2, 0.25) is 0 Å². The maximum absolute atomic E-state index is 12.4. The first kappa shape index (κ1) is 12.5. The molecular formula is C15H13NO4. The standard InChI is InChI=1S/C15H13NO4/c1-9-6-7-13(20-9)14(17)16-8-11(15(18)19)10-4-2-3-5-12(10)16/h2-7,11H,8H2,1H3,(H,18,19)/t11-/m1/s1. The molecule has 2 aromatic rings. The molecule has 5 nitrogen and oxygen atoms in total. The first-order valence-corrected chi connectivity index (χ1v) is 6.28. The summed E-state index contributed by atoms with van der Waals surface area (Å²) < 4.78 is 5.33. The number of fused-ring (bicyclic) bond motifs is 1. The number of aryl methyl sites for hydroxylation is 1. The largest absolute Gasteiger partial charge is 0.481 e. The highest BCUT2D eigenvalue weighted by Crippen LogP contribution is 2.37. The van der Waals surface area contributed by atoms with Crippen LogP contribution in [0.1, 0.15) is 27.8 Å². The Labute approximate surface area is 115 Å². The molecule has 0 unspecified atom stereocenters. The Kier molecular flexibility index (Phi) is 2.82. The molecule has 1 aliphatic rings. The van der Waals surface area contributed by atoms with Crippen molar-refractivity contribution in [1.29, 1.82) is 0 Å². The van der Waals surface area contributed by atoms with E-state index in [-0.39, 0.29) is 18.2 Å². The Morgan fingerprint density at radius 2 is 2.00 bits per heavy atom.